The quantitative estimate of drug-likeness (QED) is 0.591. The molecular formula is C22H20ClN3O3S. The second-order valence-electron chi connectivity index (χ2n) is 7.16. The van der Waals surface area contributed by atoms with E-state index in [1.165, 1.54) is 18.2 Å². The van der Waals surface area contributed by atoms with Gasteiger partial charge in [0.15, 0.2) is 0 Å². The average molecular weight is 442 g/mol. The Hall–Kier alpha value is -2.90. The number of anilines is 1. The molecule has 8 heteroatoms. The Morgan fingerprint density at radius 3 is 2.50 bits per heavy atom. The summed E-state index contributed by atoms with van der Waals surface area (Å²) in [5.74, 6) is -0.186. The van der Waals surface area contributed by atoms with Gasteiger partial charge < -0.3 is 4.90 Å². The predicted molar refractivity (Wildman–Crippen MR) is 116 cm³/mol. The van der Waals surface area contributed by atoms with Gasteiger partial charge in [0.2, 0.25) is 0 Å². The highest BCUT2D eigenvalue weighted by Gasteiger charge is 2.33. The molecule has 1 fully saturated rings. The highest BCUT2D eigenvalue weighted by atomic mass is 35.5. The van der Waals surface area contributed by atoms with Gasteiger partial charge in [0, 0.05) is 35.6 Å². The number of amides is 1. The lowest BCUT2D eigenvalue weighted by atomic mass is 10.1. The Kier molecular flexibility index (Phi) is 5.74. The fraction of sp³-hybridized carbons (Fsp3) is 0.182. The first-order valence-electron chi connectivity index (χ1n) is 9.51. The molecule has 2 aromatic carbocycles. The van der Waals surface area contributed by atoms with Crippen molar-refractivity contribution in [3.63, 3.8) is 0 Å². The number of hydrogen-bond donors (Lipinski definition) is 1. The zero-order valence-corrected chi connectivity index (χ0v) is 17.6. The van der Waals surface area contributed by atoms with Gasteiger partial charge in [-0.3, -0.25) is 14.5 Å². The topological polar surface area (TPSA) is 79.4 Å². The van der Waals surface area contributed by atoms with Crippen LogP contribution < -0.4 is 4.72 Å². The molecule has 1 aliphatic carbocycles. The Balaban J connectivity index is 1.58. The van der Waals surface area contributed by atoms with Crippen LogP contribution in [-0.4, -0.2) is 30.3 Å². The molecular weight excluding hydrogens is 422 g/mol. The molecule has 30 heavy (non-hydrogen) atoms. The van der Waals surface area contributed by atoms with Crippen molar-refractivity contribution in [3.05, 3.63) is 89.2 Å². The van der Waals surface area contributed by atoms with Crippen molar-refractivity contribution in [1.82, 2.24) is 9.88 Å². The summed E-state index contributed by atoms with van der Waals surface area (Å²) < 4.78 is 28.1. The van der Waals surface area contributed by atoms with Crippen molar-refractivity contribution >= 4 is 33.2 Å². The van der Waals surface area contributed by atoms with Crippen molar-refractivity contribution in [2.45, 2.75) is 30.3 Å². The molecule has 4 rings (SSSR count). The molecule has 154 valence electrons. The molecule has 0 saturated heterocycles. The van der Waals surface area contributed by atoms with E-state index in [-0.39, 0.29) is 16.8 Å². The summed E-state index contributed by atoms with van der Waals surface area (Å²) in [6.07, 6.45) is 5.29. The van der Waals surface area contributed by atoms with Crippen LogP contribution in [-0.2, 0) is 16.6 Å². The van der Waals surface area contributed by atoms with Gasteiger partial charge in [-0.2, -0.15) is 0 Å². The maximum atomic E-state index is 13.2. The average Bonchev–Trinajstić information content (AvgIpc) is 3.57. The number of hydrogen-bond acceptors (Lipinski definition) is 4. The van der Waals surface area contributed by atoms with Gasteiger partial charge in [-0.1, -0.05) is 23.7 Å². The fourth-order valence-electron chi connectivity index (χ4n) is 3.17. The van der Waals surface area contributed by atoms with E-state index in [1.54, 1.807) is 47.6 Å². The summed E-state index contributed by atoms with van der Waals surface area (Å²) in [5, 5.41) is 0.426. The van der Waals surface area contributed by atoms with Gasteiger partial charge in [-0.15, -0.1) is 0 Å². The number of nitrogens with zero attached hydrogens (tertiary/aromatic N) is 2. The number of carbonyl (C=O) groups is 1. The van der Waals surface area contributed by atoms with Gasteiger partial charge >= 0.3 is 0 Å². The third-order valence-corrected chi connectivity index (χ3v) is 6.43. The third kappa shape index (κ3) is 4.80. The number of halogens is 1. The van der Waals surface area contributed by atoms with Crippen molar-refractivity contribution < 1.29 is 13.2 Å². The molecule has 0 unspecified atom stereocenters. The van der Waals surface area contributed by atoms with Gasteiger partial charge in [0.05, 0.1) is 10.6 Å². The van der Waals surface area contributed by atoms with Gasteiger partial charge in [0.25, 0.3) is 15.9 Å². The lowest BCUT2D eigenvalue weighted by molar-refractivity contribution is 0.0729. The van der Waals surface area contributed by atoms with E-state index in [9.17, 15) is 13.2 Å². The number of nitrogens with one attached hydrogen (secondary N) is 1. The van der Waals surface area contributed by atoms with E-state index in [4.69, 9.17) is 11.6 Å². The van der Waals surface area contributed by atoms with E-state index in [0.29, 0.717) is 22.8 Å². The molecule has 6 nitrogen and oxygen atoms in total. The smallest absolute Gasteiger partial charge is 0.261 e. The van der Waals surface area contributed by atoms with Gasteiger partial charge in [-0.25, -0.2) is 8.42 Å². The SMILES string of the molecule is O=C(c1cccc(S(=O)(=O)Nc2cccc(Cl)c2)c1)N(Cc1ccncc1)C1CC1. The number of rotatable bonds is 7. The molecule has 1 N–H and O–H groups in total. The van der Waals surface area contributed by atoms with E-state index in [1.807, 2.05) is 12.1 Å². The van der Waals surface area contributed by atoms with E-state index in [2.05, 4.69) is 9.71 Å². The van der Waals surface area contributed by atoms with E-state index in [0.717, 1.165) is 18.4 Å². The second-order valence-corrected chi connectivity index (χ2v) is 9.28. The van der Waals surface area contributed by atoms with Crippen LogP contribution in [0.2, 0.25) is 5.02 Å². The minimum Gasteiger partial charge on any atom is -0.331 e. The Morgan fingerprint density at radius 1 is 1.07 bits per heavy atom. The standard InChI is InChI=1S/C22H20ClN3O3S/c23-18-4-2-5-19(14-18)25-30(28,29)21-6-1-3-17(13-21)22(27)26(20-7-8-20)15-16-9-11-24-12-10-16/h1-6,9-14,20,25H,7-8,15H2. The Labute approximate surface area is 180 Å². The molecule has 1 aromatic heterocycles. The van der Waals surface area contributed by atoms with Gasteiger partial charge in [0.1, 0.15) is 0 Å². The van der Waals surface area contributed by atoms with Crippen molar-refractivity contribution in [1.29, 1.82) is 0 Å². The number of aromatic nitrogens is 1. The number of sulfonamides is 1. The molecule has 1 amide bonds. The van der Waals surface area contributed by atoms with Crippen LogP contribution in [0.4, 0.5) is 5.69 Å². The summed E-state index contributed by atoms with van der Waals surface area (Å²) in [4.78, 5) is 19.0. The maximum Gasteiger partial charge on any atom is 0.261 e. The summed E-state index contributed by atoms with van der Waals surface area (Å²) in [7, 11) is -3.86. The highest BCUT2D eigenvalue weighted by molar-refractivity contribution is 7.92. The largest absolute Gasteiger partial charge is 0.331 e. The third-order valence-electron chi connectivity index (χ3n) is 4.82. The molecule has 3 aromatic rings. The second kappa shape index (κ2) is 8.45. The summed E-state index contributed by atoms with van der Waals surface area (Å²) in [6, 6.07) is 16.5. The number of benzene rings is 2. The summed E-state index contributed by atoms with van der Waals surface area (Å²) in [5.41, 5.74) is 1.68. The normalized spacial score (nSPS) is 13.6. The van der Waals surface area contributed by atoms with Crippen LogP contribution in [0, 0.1) is 0 Å². The lowest BCUT2D eigenvalue weighted by Crippen LogP contribution is -2.32. The van der Waals surface area contributed by atoms with Crippen LogP contribution in [0.15, 0.2) is 78.0 Å². The Bertz CT molecular complexity index is 1170. The number of carbonyl (C=O) groups excluding carboxylic acids is 1. The lowest BCUT2D eigenvalue weighted by Gasteiger charge is -2.23. The first-order valence-corrected chi connectivity index (χ1v) is 11.4. The Morgan fingerprint density at radius 2 is 1.80 bits per heavy atom. The summed E-state index contributed by atoms with van der Waals surface area (Å²) >= 11 is 5.93. The predicted octanol–water partition coefficient (Wildman–Crippen LogP) is 4.34. The minimum absolute atomic E-state index is 0.0213. The van der Waals surface area contributed by atoms with E-state index < -0.39 is 10.0 Å². The highest BCUT2D eigenvalue weighted by Crippen LogP contribution is 2.30. The number of pyridine rings is 1. The maximum absolute atomic E-state index is 13.2. The van der Waals surface area contributed by atoms with Crippen molar-refractivity contribution in [2.75, 3.05) is 4.72 Å². The van der Waals surface area contributed by atoms with Crippen LogP contribution in [0.25, 0.3) is 0 Å². The molecule has 1 heterocycles. The van der Waals surface area contributed by atoms with Crippen LogP contribution in [0.3, 0.4) is 0 Å². The van der Waals surface area contributed by atoms with E-state index >= 15 is 0 Å². The van der Waals surface area contributed by atoms with Crippen LogP contribution >= 0.6 is 11.6 Å². The summed E-state index contributed by atoms with van der Waals surface area (Å²) in [6.45, 7) is 0.462. The first-order chi connectivity index (χ1) is 14.4. The zero-order chi connectivity index (χ0) is 21.1. The zero-order valence-electron chi connectivity index (χ0n) is 16.0. The monoisotopic (exact) mass is 441 g/mol. The molecule has 1 aliphatic rings. The van der Waals surface area contributed by atoms with Gasteiger partial charge in [-0.05, 0) is 66.9 Å². The first kappa shape index (κ1) is 20.4. The molecule has 0 bridgehead atoms. The van der Waals surface area contributed by atoms with Crippen molar-refractivity contribution in [2.24, 2.45) is 0 Å². The molecule has 0 radical (unpaired) electrons. The van der Waals surface area contributed by atoms with Crippen LogP contribution in [0.1, 0.15) is 28.8 Å². The molecule has 0 spiro atoms. The molecule has 0 aliphatic heterocycles. The minimum atomic E-state index is -3.86. The van der Waals surface area contributed by atoms with Crippen LogP contribution in [0.5, 0.6) is 0 Å². The fourth-order valence-corrected chi connectivity index (χ4v) is 4.45. The molecule has 1 saturated carbocycles. The molecule has 0 atom stereocenters. The van der Waals surface area contributed by atoms with Crippen molar-refractivity contribution in [3.8, 4) is 0 Å².